The Morgan fingerprint density at radius 1 is 1.73 bits per heavy atom. The van der Waals surface area contributed by atoms with Crippen LogP contribution in [0.4, 0.5) is 5.69 Å². The highest BCUT2D eigenvalue weighted by atomic mass is 35.5. The molecule has 1 rings (SSSR count). The van der Waals surface area contributed by atoms with Gasteiger partial charge in [-0.05, 0) is 24.6 Å². The van der Waals surface area contributed by atoms with Crippen LogP contribution in [0.3, 0.4) is 0 Å². The van der Waals surface area contributed by atoms with Crippen molar-refractivity contribution >= 4 is 29.3 Å². The van der Waals surface area contributed by atoms with E-state index in [-0.39, 0.29) is 5.15 Å². The van der Waals surface area contributed by atoms with Gasteiger partial charge in [-0.3, -0.25) is 0 Å². The van der Waals surface area contributed by atoms with Gasteiger partial charge in [-0.25, -0.2) is 9.78 Å². The van der Waals surface area contributed by atoms with Crippen molar-refractivity contribution in [3.63, 3.8) is 0 Å². The van der Waals surface area contributed by atoms with Gasteiger partial charge in [0.05, 0.1) is 12.3 Å². The summed E-state index contributed by atoms with van der Waals surface area (Å²) in [6.45, 7) is 2.09. The lowest BCUT2D eigenvalue weighted by molar-refractivity contribution is -0.137. The molecule has 0 aliphatic carbocycles. The van der Waals surface area contributed by atoms with Crippen LogP contribution in [0.2, 0.25) is 5.15 Å². The summed E-state index contributed by atoms with van der Waals surface area (Å²) in [6, 6.07) is 1.63. The lowest BCUT2D eigenvalue weighted by atomic mass is 10.2. The highest BCUT2D eigenvalue weighted by Crippen LogP contribution is 2.16. The summed E-state index contributed by atoms with van der Waals surface area (Å²) in [5.41, 5.74) is 6.62. The molecule has 0 radical (unpaired) electrons. The minimum Gasteiger partial charge on any atom is -0.463 e. The maximum absolute atomic E-state index is 11.0. The number of nitrogens with zero attached hydrogens (tertiary/aromatic N) is 1. The zero-order valence-corrected chi connectivity index (χ0v) is 8.99. The van der Waals surface area contributed by atoms with Crippen LogP contribution >= 0.6 is 11.6 Å². The number of halogens is 1. The predicted octanol–water partition coefficient (Wildman–Crippen LogP) is 1.89. The number of carbonyl (C=O) groups is 1. The Hall–Kier alpha value is -1.55. The Labute approximate surface area is 92.7 Å². The van der Waals surface area contributed by atoms with Gasteiger partial charge in [-0.2, -0.15) is 0 Å². The van der Waals surface area contributed by atoms with Crippen molar-refractivity contribution in [2.75, 3.05) is 12.3 Å². The maximum atomic E-state index is 11.0. The van der Waals surface area contributed by atoms with Gasteiger partial charge in [0.2, 0.25) is 0 Å². The summed E-state index contributed by atoms with van der Waals surface area (Å²) < 4.78 is 4.71. The van der Waals surface area contributed by atoms with Gasteiger partial charge in [0.15, 0.2) is 5.15 Å². The Bertz CT molecular complexity index is 391. The highest BCUT2D eigenvalue weighted by molar-refractivity contribution is 6.31. The Kier molecular flexibility index (Phi) is 4.12. The third kappa shape index (κ3) is 3.59. The molecule has 0 aromatic carbocycles. The second-order valence-corrected chi connectivity index (χ2v) is 3.09. The van der Waals surface area contributed by atoms with Crippen molar-refractivity contribution in [2.24, 2.45) is 0 Å². The van der Waals surface area contributed by atoms with E-state index in [1.165, 1.54) is 12.3 Å². The van der Waals surface area contributed by atoms with Gasteiger partial charge in [-0.1, -0.05) is 11.6 Å². The molecule has 15 heavy (non-hydrogen) atoms. The van der Waals surface area contributed by atoms with E-state index in [4.69, 9.17) is 22.1 Å². The van der Waals surface area contributed by atoms with Crippen molar-refractivity contribution in [1.82, 2.24) is 4.98 Å². The van der Waals surface area contributed by atoms with Gasteiger partial charge in [0, 0.05) is 12.3 Å². The number of nitrogen functional groups attached to an aromatic ring is 1. The molecule has 0 spiro atoms. The number of esters is 1. The summed E-state index contributed by atoms with van der Waals surface area (Å²) >= 11 is 5.64. The number of hydrogen-bond acceptors (Lipinski definition) is 4. The van der Waals surface area contributed by atoms with Gasteiger partial charge < -0.3 is 10.5 Å². The number of nitrogens with two attached hydrogens (primary N) is 1. The molecule has 0 saturated carbocycles. The van der Waals surface area contributed by atoms with Gasteiger partial charge in [0.25, 0.3) is 0 Å². The van der Waals surface area contributed by atoms with Gasteiger partial charge in [0.1, 0.15) is 0 Å². The van der Waals surface area contributed by atoms with E-state index in [1.54, 1.807) is 19.1 Å². The summed E-state index contributed by atoms with van der Waals surface area (Å²) in [7, 11) is 0. The van der Waals surface area contributed by atoms with Crippen molar-refractivity contribution in [2.45, 2.75) is 6.92 Å². The van der Waals surface area contributed by atoms with Crippen molar-refractivity contribution in [1.29, 1.82) is 0 Å². The molecule has 0 amide bonds. The lowest BCUT2D eigenvalue weighted by Gasteiger charge is -1.98. The first-order chi connectivity index (χ1) is 7.13. The number of pyridine rings is 1. The average Bonchev–Trinajstić information content (AvgIpc) is 2.20. The molecule has 0 unspecified atom stereocenters. The minimum atomic E-state index is -0.397. The molecule has 0 aliphatic rings. The quantitative estimate of drug-likeness (QED) is 0.486. The highest BCUT2D eigenvalue weighted by Gasteiger charge is 1.98. The third-order valence-corrected chi connectivity index (χ3v) is 1.90. The molecule has 4 nitrogen and oxygen atoms in total. The number of rotatable bonds is 3. The normalized spacial score (nSPS) is 10.5. The number of anilines is 1. The van der Waals surface area contributed by atoms with Gasteiger partial charge in [-0.15, -0.1) is 0 Å². The van der Waals surface area contributed by atoms with Crippen LogP contribution in [-0.2, 0) is 9.53 Å². The van der Waals surface area contributed by atoms with Crippen molar-refractivity contribution in [3.05, 3.63) is 29.1 Å². The first kappa shape index (κ1) is 11.5. The molecule has 1 heterocycles. The third-order valence-electron chi connectivity index (χ3n) is 1.59. The standard InChI is InChI=1S/C10H11ClN2O2/c1-2-15-9(14)4-3-7-5-8(12)10(11)13-6-7/h3-6H,2,12H2,1H3. The van der Waals surface area contributed by atoms with E-state index < -0.39 is 5.97 Å². The SMILES string of the molecule is CCOC(=O)C=Cc1cnc(Cl)c(N)c1. The predicted molar refractivity (Wildman–Crippen MR) is 59.3 cm³/mol. The van der Waals surface area contributed by atoms with E-state index in [0.717, 1.165) is 0 Å². The van der Waals surface area contributed by atoms with E-state index in [1.807, 2.05) is 0 Å². The molecule has 1 aromatic heterocycles. The number of ether oxygens (including phenoxy) is 1. The largest absolute Gasteiger partial charge is 0.463 e. The number of aromatic nitrogens is 1. The van der Waals surface area contributed by atoms with E-state index in [0.29, 0.717) is 17.9 Å². The molecule has 5 heteroatoms. The van der Waals surface area contributed by atoms with Gasteiger partial charge >= 0.3 is 5.97 Å². The summed E-state index contributed by atoms with van der Waals surface area (Å²) in [5.74, 6) is -0.397. The first-order valence-electron chi connectivity index (χ1n) is 4.39. The van der Waals surface area contributed by atoms with Crippen LogP contribution < -0.4 is 5.73 Å². The molecular weight excluding hydrogens is 216 g/mol. The van der Waals surface area contributed by atoms with Crippen LogP contribution in [0.15, 0.2) is 18.3 Å². The topological polar surface area (TPSA) is 65.2 Å². The number of carbonyl (C=O) groups excluding carboxylic acids is 1. The molecule has 0 bridgehead atoms. The van der Waals surface area contributed by atoms with Crippen LogP contribution in [0, 0.1) is 0 Å². The smallest absolute Gasteiger partial charge is 0.330 e. The van der Waals surface area contributed by atoms with Crippen LogP contribution in [0.25, 0.3) is 6.08 Å². The van der Waals surface area contributed by atoms with E-state index >= 15 is 0 Å². The second kappa shape index (κ2) is 5.36. The van der Waals surface area contributed by atoms with E-state index in [2.05, 4.69) is 4.98 Å². The zero-order valence-electron chi connectivity index (χ0n) is 8.24. The van der Waals surface area contributed by atoms with Crippen LogP contribution in [-0.4, -0.2) is 17.6 Å². The minimum absolute atomic E-state index is 0.253. The molecule has 0 saturated heterocycles. The fraction of sp³-hybridized carbons (Fsp3) is 0.200. The van der Waals surface area contributed by atoms with Crippen LogP contribution in [0.1, 0.15) is 12.5 Å². The van der Waals surface area contributed by atoms with E-state index in [9.17, 15) is 4.79 Å². The second-order valence-electron chi connectivity index (χ2n) is 2.73. The Morgan fingerprint density at radius 3 is 3.07 bits per heavy atom. The first-order valence-corrected chi connectivity index (χ1v) is 4.77. The molecule has 2 N–H and O–H groups in total. The fourth-order valence-electron chi connectivity index (χ4n) is 0.928. The summed E-state index contributed by atoms with van der Waals surface area (Å²) in [4.78, 5) is 14.8. The molecule has 0 atom stereocenters. The Morgan fingerprint density at radius 2 is 2.47 bits per heavy atom. The Balaban J connectivity index is 2.72. The molecule has 1 aromatic rings. The van der Waals surface area contributed by atoms with Crippen molar-refractivity contribution in [3.8, 4) is 0 Å². The fourth-order valence-corrected chi connectivity index (χ4v) is 1.03. The summed E-state index contributed by atoms with van der Waals surface area (Å²) in [6.07, 6.45) is 4.40. The van der Waals surface area contributed by atoms with Crippen LogP contribution in [0.5, 0.6) is 0 Å². The van der Waals surface area contributed by atoms with Crippen molar-refractivity contribution < 1.29 is 9.53 Å². The summed E-state index contributed by atoms with van der Waals surface area (Å²) in [5, 5.41) is 0.253. The molecule has 0 aliphatic heterocycles. The molecule has 80 valence electrons. The lowest BCUT2D eigenvalue weighted by Crippen LogP contribution is -1.98. The molecular formula is C10H11ClN2O2. The average molecular weight is 227 g/mol. The molecule has 0 fully saturated rings. The maximum Gasteiger partial charge on any atom is 0.330 e. The monoisotopic (exact) mass is 226 g/mol. The number of hydrogen-bond donors (Lipinski definition) is 1. The zero-order chi connectivity index (χ0) is 11.3.